The minimum absolute atomic E-state index is 0.164. The molecule has 2 aromatic carbocycles. The van der Waals surface area contributed by atoms with E-state index < -0.39 is 11.9 Å². The number of imide groups is 1. The number of carbonyl (C=O) groups excluding carboxylic acids is 3. The Morgan fingerprint density at radius 2 is 1.66 bits per heavy atom. The molecule has 10 heteroatoms. The summed E-state index contributed by atoms with van der Waals surface area (Å²) in [6.45, 7) is 0.796. The maximum atomic E-state index is 13.0. The van der Waals surface area contributed by atoms with Crippen LogP contribution in [0.3, 0.4) is 0 Å². The van der Waals surface area contributed by atoms with E-state index in [9.17, 15) is 14.4 Å². The van der Waals surface area contributed by atoms with Gasteiger partial charge in [-0.1, -0.05) is 36.4 Å². The van der Waals surface area contributed by atoms with Crippen molar-refractivity contribution < 1.29 is 19.1 Å². The predicted molar refractivity (Wildman–Crippen MR) is 134 cm³/mol. The van der Waals surface area contributed by atoms with E-state index in [1.165, 1.54) is 16.2 Å². The zero-order valence-corrected chi connectivity index (χ0v) is 20.1. The number of nitrogens with one attached hydrogen (secondary N) is 1. The minimum atomic E-state index is -0.553. The smallest absolute Gasteiger partial charge is 0.324 e. The number of aromatic nitrogens is 1. The third kappa shape index (κ3) is 8.51. The quantitative estimate of drug-likeness (QED) is 0.352. The van der Waals surface area contributed by atoms with Gasteiger partial charge in [0.1, 0.15) is 5.75 Å². The Morgan fingerprint density at radius 1 is 0.971 bits per heavy atom. The second kappa shape index (κ2) is 13.2. The Hall–Kier alpha value is -3.76. The first-order chi connectivity index (χ1) is 16.9. The van der Waals surface area contributed by atoms with Crippen LogP contribution in [0.2, 0.25) is 0 Å². The lowest BCUT2D eigenvalue weighted by Crippen LogP contribution is -2.44. The van der Waals surface area contributed by atoms with Gasteiger partial charge in [0, 0.05) is 37.9 Å². The van der Waals surface area contributed by atoms with Crippen LogP contribution in [0.1, 0.15) is 28.8 Å². The third-order valence-corrected chi connectivity index (χ3v) is 5.89. The van der Waals surface area contributed by atoms with Crippen LogP contribution in [0.5, 0.6) is 5.75 Å². The summed E-state index contributed by atoms with van der Waals surface area (Å²) in [7, 11) is 0. The summed E-state index contributed by atoms with van der Waals surface area (Å²) < 4.78 is 5.25. The van der Waals surface area contributed by atoms with E-state index in [0.29, 0.717) is 31.7 Å². The van der Waals surface area contributed by atoms with E-state index in [2.05, 4.69) is 10.3 Å². The van der Waals surface area contributed by atoms with Gasteiger partial charge in [0.05, 0.1) is 11.2 Å². The summed E-state index contributed by atoms with van der Waals surface area (Å²) in [5.41, 5.74) is 16.1. The van der Waals surface area contributed by atoms with Crippen molar-refractivity contribution in [3.8, 4) is 5.75 Å². The molecule has 0 saturated heterocycles. The van der Waals surface area contributed by atoms with Crippen LogP contribution in [0.15, 0.2) is 59.4 Å². The van der Waals surface area contributed by atoms with Crippen molar-refractivity contribution in [1.29, 1.82) is 0 Å². The molecule has 9 nitrogen and oxygen atoms in total. The van der Waals surface area contributed by atoms with Gasteiger partial charge in [-0.2, -0.15) is 0 Å². The fourth-order valence-electron chi connectivity index (χ4n) is 3.29. The fourth-order valence-corrected chi connectivity index (χ4v) is 3.88. The Labute approximate surface area is 208 Å². The molecule has 3 rings (SSSR count). The molecule has 0 spiro atoms. The summed E-state index contributed by atoms with van der Waals surface area (Å²) >= 11 is 1.47. The first kappa shape index (κ1) is 25.9. The number of carbonyl (C=O) groups is 3. The Kier molecular flexibility index (Phi) is 9.76. The number of thiazole rings is 1. The first-order valence-electron chi connectivity index (χ1n) is 11.2. The highest BCUT2D eigenvalue weighted by molar-refractivity contribution is 7.07. The molecule has 0 aliphatic heterocycles. The number of aryl methyl sites for hydroxylation is 1. The Bertz CT molecular complexity index is 1100. The molecule has 0 saturated carbocycles. The topological polar surface area (TPSA) is 141 Å². The van der Waals surface area contributed by atoms with Crippen molar-refractivity contribution in [2.45, 2.75) is 32.4 Å². The average Bonchev–Trinajstić information content (AvgIpc) is 3.39. The predicted octanol–water partition coefficient (Wildman–Crippen LogP) is 2.38. The molecule has 4 amide bonds. The lowest BCUT2D eigenvalue weighted by molar-refractivity contribution is -0.128. The van der Waals surface area contributed by atoms with Gasteiger partial charge in [-0.3, -0.25) is 14.5 Å². The van der Waals surface area contributed by atoms with E-state index >= 15 is 0 Å². The maximum Gasteiger partial charge on any atom is 0.324 e. The van der Waals surface area contributed by atoms with E-state index in [4.69, 9.17) is 16.2 Å². The number of hydrogen-bond donors (Lipinski definition) is 3. The zero-order valence-electron chi connectivity index (χ0n) is 19.3. The van der Waals surface area contributed by atoms with Gasteiger partial charge in [-0.25, -0.2) is 9.78 Å². The molecule has 0 aliphatic carbocycles. The number of hydrogen-bond acceptors (Lipinski definition) is 7. The molecule has 0 aliphatic rings. The standard InChI is InChI=1S/C25H29N5O4S/c26-13-19-1-3-20(4-2-19)14-28-25(33)30(12-11-21-16-35-17-29-21)24(32)10-7-18-5-8-22(9-6-18)34-15-23(27)31/h1-6,8-9,16-17H,7,10-15,26H2,(H2,27,31)(H,28,33). The normalized spacial score (nSPS) is 10.5. The van der Waals surface area contributed by atoms with Crippen molar-refractivity contribution in [3.63, 3.8) is 0 Å². The molecule has 0 fully saturated rings. The molecular weight excluding hydrogens is 466 g/mol. The number of urea groups is 1. The number of amides is 4. The number of nitrogens with two attached hydrogens (primary N) is 2. The number of ether oxygens (including phenoxy) is 1. The highest BCUT2D eigenvalue weighted by Gasteiger charge is 2.21. The zero-order chi connectivity index (χ0) is 25.0. The molecule has 5 N–H and O–H groups in total. The molecule has 3 aromatic rings. The molecule has 35 heavy (non-hydrogen) atoms. The molecule has 184 valence electrons. The van der Waals surface area contributed by atoms with Crippen molar-refractivity contribution in [2.24, 2.45) is 11.5 Å². The second-order valence-corrected chi connectivity index (χ2v) is 8.57. The van der Waals surface area contributed by atoms with Gasteiger partial charge >= 0.3 is 6.03 Å². The highest BCUT2D eigenvalue weighted by atomic mass is 32.1. The van der Waals surface area contributed by atoms with Gasteiger partial charge < -0.3 is 21.5 Å². The van der Waals surface area contributed by atoms with E-state index in [-0.39, 0.29) is 25.5 Å². The molecule has 0 bridgehead atoms. The summed E-state index contributed by atoms with van der Waals surface area (Å²) in [6.07, 6.45) is 1.10. The van der Waals surface area contributed by atoms with Crippen LogP contribution >= 0.6 is 11.3 Å². The lowest BCUT2D eigenvalue weighted by atomic mass is 10.1. The van der Waals surface area contributed by atoms with Crippen molar-refractivity contribution in [3.05, 3.63) is 81.8 Å². The summed E-state index contributed by atoms with van der Waals surface area (Å²) in [6, 6.07) is 14.2. The van der Waals surface area contributed by atoms with Crippen LogP contribution < -0.4 is 21.5 Å². The van der Waals surface area contributed by atoms with Crippen LogP contribution in [0, 0.1) is 0 Å². The average molecular weight is 496 g/mol. The van der Waals surface area contributed by atoms with E-state index in [1.807, 2.05) is 41.8 Å². The van der Waals surface area contributed by atoms with Crippen molar-refractivity contribution in [1.82, 2.24) is 15.2 Å². The molecule has 0 atom stereocenters. The number of nitrogens with zero attached hydrogens (tertiary/aromatic N) is 2. The molecular formula is C25H29N5O4S. The molecule has 0 unspecified atom stereocenters. The summed E-state index contributed by atoms with van der Waals surface area (Å²) in [5, 5.41) is 4.74. The van der Waals surface area contributed by atoms with Crippen molar-refractivity contribution in [2.75, 3.05) is 13.2 Å². The van der Waals surface area contributed by atoms with E-state index in [1.54, 1.807) is 17.6 Å². The molecule has 0 radical (unpaired) electrons. The van der Waals surface area contributed by atoms with Gasteiger partial charge in [-0.05, 0) is 35.2 Å². The van der Waals surface area contributed by atoms with Crippen molar-refractivity contribution >= 4 is 29.2 Å². The highest BCUT2D eigenvalue weighted by Crippen LogP contribution is 2.14. The molecule has 1 heterocycles. The van der Waals surface area contributed by atoms with Crippen LogP contribution in [-0.2, 0) is 35.5 Å². The Morgan fingerprint density at radius 3 is 2.29 bits per heavy atom. The van der Waals surface area contributed by atoms with Gasteiger partial charge in [0.15, 0.2) is 6.61 Å². The van der Waals surface area contributed by atoms with Crippen LogP contribution in [0.4, 0.5) is 4.79 Å². The fraction of sp³-hybridized carbons (Fsp3) is 0.280. The van der Waals surface area contributed by atoms with Crippen LogP contribution in [0.25, 0.3) is 0 Å². The van der Waals surface area contributed by atoms with Crippen LogP contribution in [-0.4, -0.2) is 40.9 Å². The van der Waals surface area contributed by atoms with Gasteiger partial charge in [0.25, 0.3) is 5.91 Å². The minimum Gasteiger partial charge on any atom is -0.484 e. The number of primary amides is 1. The number of benzene rings is 2. The SMILES string of the molecule is NCc1ccc(CNC(=O)N(CCc2cscn2)C(=O)CCc2ccc(OCC(N)=O)cc2)cc1. The summed E-state index contributed by atoms with van der Waals surface area (Å²) in [5.74, 6) is -0.309. The first-order valence-corrected chi connectivity index (χ1v) is 12.1. The monoisotopic (exact) mass is 495 g/mol. The third-order valence-electron chi connectivity index (χ3n) is 5.26. The maximum absolute atomic E-state index is 13.0. The second-order valence-electron chi connectivity index (χ2n) is 7.85. The number of rotatable bonds is 12. The Balaban J connectivity index is 1.58. The van der Waals surface area contributed by atoms with Gasteiger partial charge in [0.2, 0.25) is 5.91 Å². The summed E-state index contributed by atoms with van der Waals surface area (Å²) in [4.78, 5) is 42.3. The molecule has 1 aromatic heterocycles. The lowest BCUT2D eigenvalue weighted by Gasteiger charge is -2.21. The largest absolute Gasteiger partial charge is 0.484 e. The van der Waals surface area contributed by atoms with E-state index in [0.717, 1.165) is 22.4 Å². The van der Waals surface area contributed by atoms with Gasteiger partial charge in [-0.15, -0.1) is 11.3 Å².